The van der Waals surface area contributed by atoms with Crippen LogP contribution in [0.2, 0.25) is 5.02 Å². The van der Waals surface area contributed by atoms with Crippen molar-refractivity contribution in [1.29, 1.82) is 0 Å². The van der Waals surface area contributed by atoms with E-state index >= 15 is 0 Å². The molecule has 1 aromatic carbocycles. The fourth-order valence-corrected chi connectivity index (χ4v) is 1.76. The van der Waals surface area contributed by atoms with E-state index in [1.54, 1.807) is 12.3 Å². The average Bonchev–Trinajstić information content (AvgIpc) is 2.83. The van der Waals surface area contributed by atoms with Crippen molar-refractivity contribution in [2.75, 3.05) is 0 Å². The van der Waals surface area contributed by atoms with E-state index in [-0.39, 0.29) is 11.9 Å². The molecule has 1 aromatic heterocycles. The van der Waals surface area contributed by atoms with Gasteiger partial charge < -0.3 is 9.73 Å². The molecule has 1 unspecified atom stereocenters. The second-order valence-electron chi connectivity index (χ2n) is 3.85. The molecule has 0 fully saturated rings. The normalized spacial score (nSPS) is 12.6. The maximum atomic E-state index is 13.0. The summed E-state index contributed by atoms with van der Waals surface area (Å²) in [6.45, 7) is 2.48. The van der Waals surface area contributed by atoms with Crippen LogP contribution in [0.4, 0.5) is 4.39 Å². The standard InChI is InChI=1S/C13H13ClFNO/c1-9(13-3-2-6-17-13)16-8-10-7-11(15)4-5-12(10)14/h2-7,9,16H,8H2,1H3. The van der Waals surface area contributed by atoms with E-state index in [4.69, 9.17) is 16.0 Å². The second kappa shape index (κ2) is 5.34. The minimum absolute atomic E-state index is 0.0596. The average molecular weight is 254 g/mol. The third-order valence-electron chi connectivity index (χ3n) is 2.58. The zero-order valence-electron chi connectivity index (χ0n) is 9.41. The molecule has 1 atom stereocenters. The summed E-state index contributed by atoms with van der Waals surface area (Å²) in [6, 6.07) is 8.13. The smallest absolute Gasteiger partial charge is 0.123 e. The molecule has 0 amide bonds. The fraction of sp³-hybridized carbons (Fsp3) is 0.231. The van der Waals surface area contributed by atoms with Crippen LogP contribution < -0.4 is 5.32 Å². The summed E-state index contributed by atoms with van der Waals surface area (Å²) in [5.41, 5.74) is 0.741. The Labute approximate surface area is 104 Å². The highest BCUT2D eigenvalue weighted by Crippen LogP contribution is 2.19. The Morgan fingerprint density at radius 2 is 2.24 bits per heavy atom. The van der Waals surface area contributed by atoms with Crippen molar-refractivity contribution < 1.29 is 8.81 Å². The van der Waals surface area contributed by atoms with Gasteiger partial charge in [0.25, 0.3) is 0 Å². The highest BCUT2D eigenvalue weighted by Gasteiger charge is 2.09. The third-order valence-corrected chi connectivity index (χ3v) is 2.95. The van der Waals surface area contributed by atoms with Gasteiger partial charge in [-0.05, 0) is 42.8 Å². The summed E-state index contributed by atoms with van der Waals surface area (Å²) < 4.78 is 18.3. The number of nitrogens with one attached hydrogen (secondary N) is 1. The lowest BCUT2D eigenvalue weighted by Gasteiger charge is -2.12. The topological polar surface area (TPSA) is 25.2 Å². The molecule has 1 heterocycles. The van der Waals surface area contributed by atoms with Gasteiger partial charge >= 0.3 is 0 Å². The summed E-state index contributed by atoms with van der Waals surface area (Å²) >= 11 is 5.97. The van der Waals surface area contributed by atoms with Gasteiger partial charge in [0, 0.05) is 11.6 Å². The van der Waals surface area contributed by atoms with E-state index in [1.165, 1.54) is 12.1 Å². The largest absolute Gasteiger partial charge is 0.468 e. The van der Waals surface area contributed by atoms with Gasteiger partial charge in [-0.25, -0.2) is 4.39 Å². The van der Waals surface area contributed by atoms with Gasteiger partial charge in [0.1, 0.15) is 11.6 Å². The van der Waals surface area contributed by atoms with E-state index in [0.717, 1.165) is 11.3 Å². The van der Waals surface area contributed by atoms with Crippen molar-refractivity contribution in [3.8, 4) is 0 Å². The van der Waals surface area contributed by atoms with Crippen LogP contribution in [0.5, 0.6) is 0 Å². The lowest BCUT2D eigenvalue weighted by atomic mass is 10.2. The van der Waals surface area contributed by atoms with Crippen molar-refractivity contribution in [1.82, 2.24) is 5.32 Å². The Morgan fingerprint density at radius 1 is 1.41 bits per heavy atom. The number of hydrogen-bond donors (Lipinski definition) is 1. The molecule has 17 heavy (non-hydrogen) atoms. The van der Waals surface area contributed by atoms with Crippen molar-refractivity contribution >= 4 is 11.6 Å². The minimum atomic E-state index is -0.281. The van der Waals surface area contributed by atoms with Gasteiger partial charge in [0.05, 0.1) is 12.3 Å². The van der Waals surface area contributed by atoms with Crippen LogP contribution in [-0.2, 0) is 6.54 Å². The summed E-state index contributed by atoms with van der Waals surface area (Å²) in [6.07, 6.45) is 1.63. The van der Waals surface area contributed by atoms with Crippen molar-refractivity contribution in [3.05, 3.63) is 58.8 Å². The predicted molar refractivity (Wildman–Crippen MR) is 65.4 cm³/mol. The van der Waals surface area contributed by atoms with Gasteiger partial charge in [-0.1, -0.05) is 11.6 Å². The van der Waals surface area contributed by atoms with Crippen LogP contribution in [0, 0.1) is 5.82 Å². The van der Waals surface area contributed by atoms with Gasteiger partial charge in [-0.3, -0.25) is 0 Å². The van der Waals surface area contributed by atoms with Crippen LogP contribution in [0.15, 0.2) is 41.0 Å². The minimum Gasteiger partial charge on any atom is -0.468 e. The molecule has 0 aliphatic heterocycles. The number of hydrogen-bond acceptors (Lipinski definition) is 2. The first-order valence-corrected chi connectivity index (χ1v) is 5.75. The maximum absolute atomic E-state index is 13.0. The zero-order valence-corrected chi connectivity index (χ0v) is 10.2. The predicted octanol–water partition coefficient (Wildman–Crippen LogP) is 3.92. The fourth-order valence-electron chi connectivity index (χ4n) is 1.58. The first kappa shape index (κ1) is 12.1. The molecule has 0 spiro atoms. The molecule has 0 bridgehead atoms. The lowest BCUT2D eigenvalue weighted by Crippen LogP contribution is -2.17. The van der Waals surface area contributed by atoms with Gasteiger partial charge in [0.15, 0.2) is 0 Å². The Balaban J connectivity index is 2.00. The number of furan rings is 1. The zero-order chi connectivity index (χ0) is 12.3. The quantitative estimate of drug-likeness (QED) is 0.893. The lowest BCUT2D eigenvalue weighted by molar-refractivity contribution is 0.430. The number of benzene rings is 1. The van der Waals surface area contributed by atoms with E-state index in [2.05, 4.69) is 5.32 Å². The highest BCUT2D eigenvalue weighted by molar-refractivity contribution is 6.31. The molecule has 1 N–H and O–H groups in total. The van der Waals surface area contributed by atoms with Crippen LogP contribution in [0.1, 0.15) is 24.3 Å². The van der Waals surface area contributed by atoms with Crippen molar-refractivity contribution in [3.63, 3.8) is 0 Å². The van der Waals surface area contributed by atoms with Gasteiger partial charge in [-0.15, -0.1) is 0 Å². The molecule has 0 aliphatic carbocycles. The van der Waals surface area contributed by atoms with Gasteiger partial charge in [0.2, 0.25) is 0 Å². The van der Waals surface area contributed by atoms with Crippen molar-refractivity contribution in [2.24, 2.45) is 0 Å². The second-order valence-corrected chi connectivity index (χ2v) is 4.26. The summed E-state index contributed by atoms with van der Waals surface area (Å²) in [5, 5.41) is 3.79. The highest BCUT2D eigenvalue weighted by atomic mass is 35.5. The first-order valence-electron chi connectivity index (χ1n) is 5.37. The van der Waals surface area contributed by atoms with Crippen LogP contribution in [0.3, 0.4) is 0 Å². The first-order chi connectivity index (χ1) is 8.16. The third kappa shape index (κ3) is 3.08. The summed E-state index contributed by atoms with van der Waals surface area (Å²) in [4.78, 5) is 0. The monoisotopic (exact) mass is 253 g/mol. The Morgan fingerprint density at radius 3 is 2.94 bits per heavy atom. The molecular formula is C13H13ClFNO. The van der Waals surface area contributed by atoms with Crippen molar-refractivity contribution in [2.45, 2.75) is 19.5 Å². The van der Waals surface area contributed by atoms with E-state index < -0.39 is 0 Å². The van der Waals surface area contributed by atoms with Crippen LogP contribution >= 0.6 is 11.6 Å². The molecule has 90 valence electrons. The molecule has 0 radical (unpaired) electrons. The molecule has 4 heteroatoms. The van der Waals surface area contributed by atoms with E-state index in [1.807, 2.05) is 19.1 Å². The maximum Gasteiger partial charge on any atom is 0.123 e. The molecule has 2 nitrogen and oxygen atoms in total. The Hall–Kier alpha value is -1.32. The molecule has 0 saturated carbocycles. The molecule has 2 aromatic rings. The molecule has 0 aliphatic rings. The van der Waals surface area contributed by atoms with E-state index in [9.17, 15) is 4.39 Å². The van der Waals surface area contributed by atoms with Crippen LogP contribution in [-0.4, -0.2) is 0 Å². The summed E-state index contributed by atoms with van der Waals surface area (Å²) in [7, 11) is 0. The Kier molecular flexibility index (Phi) is 3.82. The van der Waals surface area contributed by atoms with Crippen LogP contribution in [0.25, 0.3) is 0 Å². The Bertz CT molecular complexity index is 484. The molecule has 0 saturated heterocycles. The number of rotatable bonds is 4. The van der Waals surface area contributed by atoms with E-state index in [0.29, 0.717) is 11.6 Å². The van der Waals surface area contributed by atoms with Gasteiger partial charge in [-0.2, -0.15) is 0 Å². The summed E-state index contributed by atoms with van der Waals surface area (Å²) in [5.74, 6) is 0.564. The molecule has 2 rings (SSSR count). The SMILES string of the molecule is CC(NCc1cc(F)ccc1Cl)c1ccco1. The number of halogens is 2. The molecular weight excluding hydrogens is 241 g/mol.